The molecule has 7 heteroatoms. The average molecular weight is 269 g/mol. The number of halogens is 4. The van der Waals surface area contributed by atoms with Gasteiger partial charge in [0.2, 0.25) is 0 Å². The summed E-state index contributed by atoms with van der Waals surface area (Å²) < 4.78 is 48.9. The van der Waals surface area contributed by atoms with E-state index in [1.54, 1.807) is 11.4 Å². The van der Waals surface area contributed by atoms with E-state index in [0.29, 0.717) is 11.3 Å². The number of alkyl halides is 4. The van der Waals surface area contributed by atoms with Crippen LogP contribution in [0.1, 0.15) is 17.4 Å². The van der Waals surface area contributed by atoms with Crippen LogP contribution in [0.3, 0.4) is 0 Å². The second kappa shape index (κ2) is 5.48. The van der Waals surface area contributed by atoms with E-state index in [2.05, 4.69) is 0 Å². The smallest absolute Gasteiger partial charge is 0.346 e. The maximum absolute atomic E-state index is 12.6. The SMILES string of the molecule is CCc1ccsc1CNC(=O)C(F)(F)C(F)F. The Morgan fingerprint density at radius 1 is 1.53 bits per heavy atom. The molecular weight excluding hydrogens is 258 g/mol. The molecule has 1 amide bonds. The van der Waals surface area contributed by atoms with Crippen LogP contribution in [-0.2, 0) is 17.8 Å². The van der Waals surface area contributed by atoms with Crippen LogP contribution in [0, 0.1) is 0 Å². The van der Waals surface area contributed by atoms with Gasteiger partial charge in [0.15, 0.2) is 0 Å². The van der Waals surface area contributed by atoms with Crippen LogP contribution in [-0.4, -0.2) is 18.3 Å². The Morgan fingerprint density at radius 2 is 2.18 bits per heavy atom. The molecule has 0 saturated heterocycles. The van der Waals surface area contributed by atoms with Crippen LogP contribution in [0.15, 0.2) is 11.4 Å². The Bertz CT molecular complexity index is 391. The zero-order chi connectivity index (χ0) is 13.1. The lowest BCUT2D eigenvalue weighted by Crippen LogP contribution is -2.44. The molecule has 1 aromatic heterocycles. The van der Waals surface area contributed by atoms with Crippen molar-refractivity contribution in [3.8, 4) is 0 Å². The fourth-order valence-corrected chi connectivity index (χ4v) is 2.13. The van der Waals surface area contributed by atoms with Crippen molar-refractivity contribution in [3.05, 3.63) is 21.9 Å². The minimum Gasteiger partial charge on any atom is -0.346 e. The highest BCUT2D eigenvalue weighted by Gasteiger charge is 2.48. The first-order valence-corrected chi connectivity index (χ1v) is 5.77. The number of carbonyl (C=O) groups excluding carboxylic acids is 1. The fourth-order valence-electron chi connectivity index (χ4n) is 1.21. The zero-order valence-electron chi connectivity index (χ0n) is 8.97. The van der Waals surface area contributed by atoms with Gasteiger partial charge in [-0.15, -0.1) is 11.3 Å². The number of nitrogens with one attached hydrogen (secondary N) is 1. The molecule has 1 rings (SSSR count). The first kappa shape index (κ1) is 14.0. The molecule has 0 aliphatic rings. The van der Waals surface area contributed by atoms with Gasteiger partial charge in [0, 0.05) is 4.88 Å². The highest BCUT2D eigenvalue weighted by molar-refractivity contribution is 7.10. The predicted molar refractivity (Wildman–Crippen MR) is 56.5 cm³/mol. The highest BCUT2D eigenvalue weighted by Crippen LogP contribution is 2.23. The van der Waals surface area contributed by atoms with Crippen LogP contribution in [0.5, 0.6) is 0 Å². The molecule has 0 aliphatic carbocycles. The zero-order valence-corrected chi connectivity index (χ0v) is 9.79. The molecule has 0 aromatic carbocycles. The van der Waals surface area contributed by atoms with Gasteiger partial charge in [-0.2, -0.15) is 8.78 Å². The summed E-state index contributed by atoms with van der Waals surface area (Å²) in [6, 6.07) is 1.80. The van der Waals surface area contributed by atoms with Crippen LogP contribution in [0.2, 0.25) is 0 Å². The van der Waals surface area contributed by atoms with E-state index in [1.807, 2.05) is 12.2 Å². The Morgan fingerprint density at radius 3 is 2.71 bits per heavy atom. The molecule has 0 unspecified atom stereocenters. The lowest BCUT2D eigenvalue weighted by Gasteiger charge is -2.14. The summed E-state index contributed by atoms with van der Waals surface area (Å²) in [5.41, 5.74) is 0.913. The molecule has 1 N–H and O–H groups in total. The van der Waals surface area contributed by atoms with Crippen molar-refractivity contribution in [1.29, 1.82) is 0 Å². The molecule has 2 nitrogen and oxygen atoms in total. The number of carbonyl (C=O) groups is 1. The average Bonchev–Trinajstić information content (AvgIpc) is 2.72. The van der Waals surface area contributed by atoms with Gasteiger partial charge >= 0.3 is 12.3 Å². The second-order valence-corrected chi connectivity index (χ2v) is 4.33. The van der Waals surface area contributed by atoms with Crippen molar-refractivity contribution >= 4 is 17.2 Å². The van der Waals surface area contributed by atoms with Crippen molar-refractivity contribution in [2.45, 2.75) is 32.2 Å². The van der Waals surface area contributed by atoms with E-state index < -0.39 is 18.3 Å². The monoisotopic (exact) mass is 269 g/mol. The molecule has 0 radical (unpaired) electrons. The van der Waals surface area contributed by atoms with Gasteiger partial charge in [0.05, 0.1) is 6.54 Å². The molecule has 0 bridgehead atoms. The van der Waals surface area contributed by atoms with Crippen LogP contribution in [0.4, 0.5) is 17.6 Å². The van der Waals surface area contributed by atoms with Gasteiger partial charge in [-0.3, -0.25) is 4.79 Å². The number of thiophene rings is 1. The molecule has 1 heterocycles. The topological polar surface area (TPSA) is 29.1 Å². The predicted octanol–water partition coefficient (Wildman–Crippen LogP) is 2.83. The molecule has 17 heavy (non-hydrogen) atoms. The van der Waals surface area contributed by atoms with E-state index in [4.69, 9.17) is 0 Å². The normalized spacial score (nSPS) is 11.9. The third kappa shape index (κ3) is 3.18. The van der Waals surface area contributed by atoms with Crippen LogP contribution in [0.25, 0.3) is 0 Å². The molecular formula is C10H11F4NOS. The molecule has 0 spiro atoms. The molecule has 1 aromatic rings. The van der Waals surface area contributed by atoms with E-state index in [9.17, 15) is 22.4 Å². The van der Waals surface area contributed by atoms with Gasteiger partial charge < -0.3 is 5.32 Å². The van der Waals surface area contributed by atoms with Crippen molar-refractivity contribution in [3.63, 3.8) is 0 Å². The van der Waals surface area contributed by atoms with Gasteiger partial charge in [-0.25, -0.2) is 8.78 Å². The number of rotatable bonds is 5. The first-order valence-electron chi connectivity index (χ1n) is 4.89. The Balaban J connectivity index is 2.60. The Hall–Kier alpha value is -1.11. The maximum atomic E-state index is 12.6. The van der Waals surface area contributed by atoms with E-state index in [1.165, 1.54) is 11.3 Å². The summed E-state index contributed by atoms with van der Waals surface area (Å²) in [5, 5.41) is 3.58. The van der Waals surface area contributed by atoms with Gasteiger partial charge in [0.1, 0.15) is 0 Å². The lowest BCUT2D eigenvalue weighted by atomic mass is 10.2. The molecule has 96 valence electrons. The maximum Gasteiger partial charge on any atom is 0.383 e. The summed E-state index contributed by atoms with van der Waals surface area (Å²) in [6.45, 7) is 1.73. The Labute approximate surface area is 99.6 Å². The fraction of sp³-hybridized carbons (Fsp3) is 0.500. The van der Waals surface area contributed by atoms with Crippen molar-refractivity contribution in [1.82, 2.24) is 5.32 Å². The number of hydrogen-bond acceptors (Lipinski definition) is 2. The molecule has 0 fully saturated rings. The highest BCUT2D eigenvalue weighted by atomic mass is 32.1. The van der Waals surface area contributed by atoms with Gasteiger partial charge in [-0.1, -0.05) is 6.92 Å². The minimum absolute atomic E-state index is 0.151. The largest absolute Gasteiger partial charge is 0.383 e. The summed E-state index contributed by atoms with van der Waals surface area (Å²) in [7, 11) is 0. The standard InChI is InChI=1S/C10H11F4NOS/c1-2-6-3-4-17-7(6)5-15-9(16)10(13,14)8(11)12/h3-4,8H,2,5H2,1H3,(H,15,16). The number of hydrogen-bond donors (Lipinski definition) is 1. The first-order chi connectivity index (χ1) is 7.89. The second-order valence-electron chi connectivity index (χ2n) is 3.33. The van der Waals surface area contributed by atoms with Crippen LogP contribution >= 0.6 is 11.3 Å². The van der Waals surface area contributed by atoms with Gasteiger partial charge in [-0.05, 0) is 23.4 Å². The molecule has 0 saturated carbocycles. The quantitative estimate of drug-likeness (QED) is 0.818. The summed E-state index contributed by atoms with van der Waals surface area (Å²) in [5.74, 6) is -6.58. The van der Waals surface area contributed by atoms with Gasteiger partial charge in [0.25, 0.3) is 5.91 Å². The Kier molecular flexibility index (Phi) is 4.50. The van der Waals surface area contributed by atoms with E-state index in [0.717, 1.165) is 5.56 Å². The molecule has 0 atom stereocenters. The third-order valence-electron chi connectivity index (χ3n) is 2.20. The summed E-state index contributed by atoms with van der Waals surface area (Å²) in [4.78, 5) is 11.6. The molecule has 0 aliphatic heterocycles. The van der Waals surface area contributed by atoms with Crippen LogP contribution < -0.4 is 5.32 Å². The van der Waals surface area contributed by atoms with E-state index >= 15 is 0 Å². The van der Waals surface area contributed by atoms with Crippen molar-refractivity contribution < 1.29 is 22.4 Å². The van der Waals surface area contributed by atoms with Crippen molar-refractivity contribution in [2.24, 2.45) is 0 Å². The summed E-state index contributed by atoms with van der Waals surface area (Å²) >= 11 is 1.29. The third-order valence-corrected chi connectivity index (χ3v) is 3.17. The van der Waals surface area contributed by atoms with Crippen molar-refractivity contribution in [2.75, 3.05) is 0 Å². The summed E-state index contributed by atoms with van der Waals surface area (Å²) in [6.07, 6.45) is -3.29. The number of amides is 1. The lowest BCUT2D eigenvalue weighted by molar-refractivity contribution is -0.169. The number of aryl methyl sites for hydroxylation is 1. The van der Waals surface area contributed by atoms with E-state index in [-0.39, 0.29) is 6.54 Å². The minimum atomic E-state index is -4.64.